The minimum Gasteiger partial charge on any atom is -0.492 e. The molecule has 1 amide bonds. The molecule has 1 fully saturated rings. The molecular formula is C19H20ClN3O7S. The van der Waals surface area contributed by atoms with E-state index in [9.17, 15) is 23.3 Å². The Labute approximate surface area is 183 Å². The lowest BCUT2D eigenvalue weighted by Gasteiger charge is -2.26. The third-order valence-corrected chi connectivity index (χ3v) is 6.73. The van der Waals surface area contributed by atoms with E-state index in [1.807, 2.05) is 0 Å². The van der Waals surface area contributed by atoms with Gasteiger partial charge in [0, 0.05) is 24.7 Å². The number of rotatable bonds is 8. The van der Waals surface area contributed by atoms with Gasteiger partial charge < -0.3 is 14.8 Å². The average Bonchev–Trinajstić information content (AvgIpc) is 2.77. The van der Waals surface area contributed by atoms with Crippen LogP contribution >= 0.6 is 11.6 Å². The molecule has 10 nitrogen and oxygen atoms in total. The van der Waals surface area contributed by atoms with Gasteiger partial charge in [0.25, 0.3) is 11.6 Å². The van der Waals surface area contributed by atoms with E-state index in [1.54, 1.807) is 0 Å². The van der Waals surface area contributed by atoms with Gasteiger partial charge in [-0.15, -0.1) is 0 Å². The number of amides is 1. The highest BCUT2D eigenvalue weighted by atomic mass is 35.5. The highest BCUT2D eigenvalue weighted by Crippen LogP contribution is 2.25. The SMILES string of the molecule is O=C(NCCOc1ccc(S(=O)(=O)N2CCOCC2)cc1)c1ccc(Cl)c([N+](=O)[O-])c1. The van der Waals surface area contributed by atoms with Gasteiger partial charge in [-0.2, -0.15) is 4.31 Å². The highest BCUT2D eigenvalue weighted by molar-refractivity contribution is 7.89. The van der Waals surface area contributed by atoms with Gasteiger partial charge in [0.1, 0.15) is 17.4 Å². The van der Waals surface area contributed by atoms with Crippen molar-refractivity contribution < 1.29 is 27.6 Å². The van der Waals surface area contributed by atoms with Gasteiger partial charge in [0.05, 0.1) is 29.6 Å². The van der Waals surface area contributed by atoms with Crippen molar-refractivity contribution in [1.82, 2.24) is 9.62 Å². The first kappa shape index (κ1) is 22.9. The van der Waals surface area contributed by atoms with Crippen LogP contribution in [0.5, 0.6) is 5.75 Å². The van der Waals surface area contributed by atoms with Crippen molar-refractivity contribution in [2.24, 2.45) is 0 Å². The van der Waals surface area contributed by atoms with Crippen LogP contribution in [0.4, 0.5) is 5.69 Å². The van der Waals surface area contributed by atoms with E-state index in [0.717, 1.165) is 6.07 Å². The second-order valence-corrected chi connectivity index (χ2v) is 8.86. The van der Waals surface area contributed by atoms with Crippen LogP contribution in [-0.2, 0) is 14.8 Å². The molecule has 1 aliphatic heterocycles. The van der Waals surface area contributed by atoms with Crippen LogP contribution in [0.25, 0.3) is 0 Å². The Kier molecular flexibility index (Phi) is 7.44. The summed E-state index contributed by atoms with van der Waals surface area (Å²) in [5, 5.41) is 13.5. The molecule has 31 heavy (non-hydrogen) atoms. The molecular weight excluding hydrogens is 450 g/mol. The largest absolute Gasteiger partial charge is 0.492 e. The summed E-state index contributed by atoms with van der Waals surface area (Å²) >= 11 is 5.73. The second kappa shape index (κ2) is 10.1. The summed E-state index contributed by atoms with van der Waals surface area (Å²) in [4.78, 5) is 22.6. The standard InChI is InChI=1S/C19H20ClN3O7S/c20-17-6-1-14(13-18(17)23(25)26)19(24)21-7-10-30-15-2-4-16(5-3-15)31(27,28)22-8-11-29-12-9-22/h1-6,13H,7-12H2,(H,21,24). The maximum atomic E-state index is 12.6. The van der Waals surface area contributed by atoms with Gasteiger partial charge in [-0.3, -0.25) is 14.9 Å². The number of carbonyl (C=O) groups is 1. The topological polar surface area (TPSA) is 128 Å². The molecule has 0 aromatic heterocycles. The normalized spacial score (nSPS) is 14.7. The van der Waals surface area contributed by atoms with E-state index in [1.165, 1.54) is 40.7 Å². The van der Waals surface area contributed by atoms with Gasteiger partial charge in [-0.1, -0.05) is 11.6 Å². The van der Waals surface area contributed by atoms with Crippen molar-refractivity contribution in [2.45, 2.75) is 4.90 Å². The van der Waals surface area contributed by atoms with Crippen molar-refractivity contribution in [2.75, 3.05) is 39.5 Å². The molecule has 1 N–H and O–H groups in total. The van der Waals surface area contributed by atoms with Crippen molar-refractivity contribution in [3.8, 4) is 5.75 Å². The molecule has 0 bridgehead atoms. The first-order chi connectivity index (χ1) is 14.8. The molecule has 3 rings (SSSR count). The van der Waals surface area contributed by atoms with E-state index in [0.29, 0.717) is 32.1 Å². The zero-order chi connectivity index (χ0) is 22.4. The first-order valence-electron chi connectivity index (χ1n) is 9.32. The molecule has 0 radical (unpaired) electrons. The number of nitrogens with one attached hydrogen (secondary N) is 1. The number of sulfonamides is 1. The summed E-state index contributed by atoms with van der Waals surface area (Å²) in [7, 11) is -3.58. The quantitative estimate of drug-likeness (QED) is 0.356. The van der Waals surface area contributed by atoms with Crippen LogP contribution in [0.15, 0.2) is 47.4 Å². The Morgan fingerprint density at radius 1 is 1.19 bits per heavy atom. The number of hydrogen-bond donors (Lipinski definition) is 1. The number of ether oxygens (including phenoxy) is 2. The van der Waals surface area contributed by atoms with Gasteiger partial charge in [0.2, 0.25) is 10.0 Å². The number of hydrogen-bond acceptors (Lipinski definition) is 7. The third-order valence-electron chi connectivity index (χ3n) is 4.49. The fraction of sp³-hybridized carbons (Fsp3) is 0.316. The summed E-state index contributed by atoms with van der Waals surface area (Å²) in [6, 6.07) is 9.79. The number of carbonyl (C=O) groups excluding carboxylic acids is 1. The van der Waals surface area contributed by atoms with Crippen molar-refractivity contribution in [3.63, 3.8) is 0 Å². The first-order valence-corrected chi connectivity index (χ1v) is 11.1. The van der Waals surface area contributed by atoms with Gasteiger partial charge in [-0.25, -0.2) is 8.42 Å². The lowest BCUT2D eigenvalue weighted by Crippen LogP contribution is -2.40. The molecule has 2 aromatic carbocycles. The Morgan fingerprint density at radius 3 is 2.52 bits per heavy atom. The molecule has 0 atom stereocenters. The van der Waals surface area contributed by atoms with E-state index in [2.05, 4.69) is 5.32 Å². The summed E-state index contributed by atoms with van der Waals surface area (Å²) < 4.78 is 37.2. The van der Waals surface area contributed by atoms with E-state index in [4.69, 9.17) is 21.1 Å². The number of benzene rings is 2. The smallest absolute Gasteiger partial charge is 0.288 e. The number of halogens is 1. The Hall–Kier alpha value is -2.73. The fourth-order valence-corrected chi connectivity index (χ4v) is 4.47. The Balaban J connectivity index is 1.50. The molecule has 1 saturated heterocycles. The van der Waals surface area contributed by atoms with E-state index < -0.39 is 20.9 Å². The van der Waals surface area contributed by atoms with Crippen LogP contribution in [0.1, 0.15) is 10.4 Å². The predicted molar refractivity (Wildman–Crippen MR) is 112 cm³/mol. The number of nitro groups is 1. The molecule has 1 aliphatic rings. The molecule has 1 heterocycles. The van der Waals surface area contributed by atoms with Crippen molar-refractivity contribution in [1.29, 1.82) is 0 Å². The summed E-state index contributed by atoms with van der Waals surface area (Å²) in [5.74, 6) is -0.0624. The molecule has 12 heteroatoms. The van der Waals surface area contributed by atoms with E-state index in [-0.39, 0.29) is 34.3 Å². The zero-order valence-corrected chi connectivity index (χ0v) is 17.9. The number of nitrogens with zero attached hydrogens (tertiary/aromatic N) is 2. The Bertz CT molecular complexity index is 1050. The number of nitro benzene ring substituents is 1. The predicted octanol–water partition coefficient (Wildman–Crippen LogP) is 2.08. The maximum Gasteiger partial charge on any atom is 0.288 e. The minimum absolute atomic E-state index is 0.0519. The molecule has 166 valence electrons. The summed E-state index contributed by atoms with van der Waals surface area (Å²) in [6.45, 7) is 1.64. The Morgan fingerprint density at radius 2 is 1.87 bits per heavy atom. The number of morpholine rings is 1. The minimum atomic E-state index is -3.58. The van der Waals surface area contributed by atoms with Crippen LogP contribution in [0.2, 0.25) is 5.02 Å². The maximum absolute atomic E-state index is 12.6. The molecule has 0 unspecified atom stereocenters. The van der Waals surface area contributed by atoms with Gasteiger partial charge >= 0.3 is 0 Å². The van der Waals surface area contributed by atoms with Crippen LogP contribution in [0.3, 0.4) is 0 Å². The summed E-state index contributed by atoms with van der Waals surface area (Å²) in [5.41, 5.74) is -0.244. The van der Waals surface area contributed by atoms with Crippen molar-refractivity contribution >= 4 is 33.2 Å². The zero-order valence-electron chi connectivity index (χ0n) is 16.3. The van der Waals surface area contributed by atoms with Crippen LogP contribution in [0, 0.1) is 10.1 Å². The van der Waals surface area contributed by atoms with Gasteiger partial charge in [-0.05, 0) is 36.4 Å². The third kappa shape index (κ3) is 5.70. The molecule has 0 saturated carbocycles. The fourth-order valence-electron chi connectivity index (χ4n) is 2.87. The highest BCUT2D eigenvalue weighted by Gasteiger charge is 2.26. The summed E-state index contributed by atoms with van der Waals surface area (Å²) in [6.07, 6.45) is 0. The second-order valence-electron chi connectivity index (χ2n) is 6.52. The van der Waals surface area contributed by atoms with Crippen LogP contribution < -0.4 is 10.1 Å². The average molecular weight is 470 g/mol. The van der Waals surface area contributed by atoms with Gasteiger partial charge in [0.15, 0.2) is 0 Å². The lowest BCUT2D eigenvalue weighted by molar-refractivity contribution is -0.384. The van der Waals surface area contributed by atoms with E-state index >= 15 is 0 Å². The molecule has 0 aliphatic carbocycles. The molecule has 2 aromatic rings. The molecule has 0 spiro atoms. The van der Waals surface area contributed by atoms with Crippen molar-refractivity contribution in [3.05, 3.63) is 63.2 Å². The lowest BCUT2D eigenvalue weighted by atomic mass is 10.2. The monoisotopic (exact) mass is 469 g/mol. The van der Waals surface area contributed by atoms with Crippen LogP contribution in [-0.4, -0.2) is 63.0 Å².